The van der Waals surface area contributed by atoms with Crippen molar-refractivity contribution in [2.45, 2.75) is 177 Å². The Morgan fingerprint density at radius 2 is 1.03 bits per heavy atom. The van der Waals surface area contributed by atoms with Crippen LogP contribution >= 0.6 is 0 Å². The molecule has 8 atom stereocenters. The lowest BCUT2D eigenvalue weighted by Crippen LogP contribution is -2.61. The molecule has 1 aromatic carbocycles. The number of nitrogens with one attached hydrogen (secondary N) is 7. The van der Waals surface area contributed by atoms with Crippen molar-refractivity contribution in [2.24, 2.45) is 22.9 Å². The predicted molar refractivity (Wildman–Crippen MR) is 263 cm³/mol. The molecule has 2 heterocycles. The van der Waals surface area contributed by atoms with Gasteiger partial charge in [0.2, 0.25) is 70.9 Å². The topological polar surface area (TPSA) is 437 Å². The third-order valence-corrected chi connectivity index (χ3v) is 12.5. The summed E-state index contributed by atoms with van der Waals surface area (Å²) in [6, 6.07) is -7.38. The quantitative estimate of drug-likeness (QED) is 0.0502. The van der Waals surface area contributed by atoms with E-state index in [2.05, 4.69) is 44.1 Å². The van der Waals surface area contributed by atoms with E-state index in [0.29, 0.717) is 18.4 Å². The van der Waals surface area contributed by atoms with Crippen molar-refractivity contribution >= 4 is 70.9 Å². The van der Waals surface area contributed by atoms with Crippen LogP contribution in [-0.4, -0.2) is 147 Å². The number of primary amides is 4. The first-order valence-corrected chi connectivity index (χ1v) is 25.1. The van der Waals surface area contributed by atoms with E-state index in [4.69, 9.17) is 22.9 Å². The fourth-order valence-corrected chi connectivity index (χ4v) is 8.61. The molecule has 26 nitrogen and oxygen atoms in total. The van der Waals surface area contributed by atoms with Gasteiger partial charge >= 0.3 is 0 Å². The van der Waals surface area contributed by atoms with Crippen molar-refractivity contribution < 1.29 is 67.7 Å². The summed E-state index contributed by atoms with van der Waals surface area (Å²) < 4.78 is 0. The highest BCUT2D eigenvalue weighted by Crippen LogP contribution is 2.21. The third-order valence-electron chi connectivity index (χ3n) is 12.5. The summed E-state index contributed by atoms with van der Waals surface area (Å²) in [7, 11) is 0. The van der Waals surface area contributed by atoms with E-state index in [1.165, 1.54) is 24.3 Å². The zero-order chi connectivity index (χ0) is 54.9. The molecule has 0 spiro atoms. The SMILES string of the molecule is CCCCCCCCCCC[C@@H]1CC(=O)N[C@@H](CC(N)=O)C(=O)N[C@H](Cc2ccc(O)cc2)C(=O)N[C@@H](CC(N)=O)C(=O)N[C@@H](CCC(N)=O)C(=O)N[C@@H](CO)C(=O)N[C@@H](CC(N)=O)C(=O)N2CCC[C@H]2C(=O)N1. The Bertz CT molecular complexity index is 2160. The fraction of sp³-hybridized carbons (Fsp3) is 0.625. The summed E-state index contributed by atoms with van der Waals surface area (Å²) in [5.41, 5.74) is 22.1. The molecule has 0 aliphatic carbocycles. The van der Waals surface area contributed by atoms with Gasteiger partial charge in [0.25, 0.3) is 0 Å². The van der Waals surface area contributed by atoms with Gasteiger partial charge in [-0.15, -0.1) is 0 Å². The Kier molecular flexibility index (Phi) is 25.7. The van der Waals surface area contributed by atoms with Crippen LogP contribution in [0.4, 0.5) is 0 Å². The number of carbonyl (C=O) groups is 12. The first kappa shape index (κ1) is 60.9. The van der Waals surface area contributed by atoms with Gasteiger partial charge in [-0.05, 0) is 43.4 Å². The largest absolute Gasteiger partial charge is 0.508 e. The highest BCUT2D eigenvalue weighted by molar-refractivity contribution is 6.00. The second-order valence-electron chi connectivity index (χ2n) is 18.7. The first-order valence-electron chi connectivity index (χ1n) is 25.1. The number of unbranched alkanes of at least 4 members (excludes halogenated alkanes) is 8. The Morgan fingerprint density at radius 1 is 0.554 bits per heavy atom. The molecule has 0 saturated carbocycles. The van der Waals surface area contributed by atoms with Crippen molar-refractivity contribution in [3.05, 3.63) is 29.8 Å². The van der Waals surface area contributed by atoms with Crippen molar-refractivity contribution in [2.75, 3.05) is 13.2 Å². The monoisotopic (exact) mass is 1040 g/mol. The number of aromatic hydroxyl groups is 1. The van der Waals surface area contributed by atoms with Gasteiger partial charge in [0.1, 0.15) is 48.0 Å². The smallest absolute Gasteiger partial charge is 0.246 e. The average Bonchev–Trinajstić information content (AvgIpc) is 3.83. The number of rotatable bonds is 22. The summed E-state index contributed by atoms with van der Waals surface area (Å²) in [6.45, 7) is 0.993. The van der Waals surface area contributed by atoms with Crippen LogP contribution in [0, 0.1) is 0 Å². The predicted octanol–water partition coefficient (Wildman–Crippen LogP) is -3.47. The summed E-state index contributed by atoms with van der Waals surface area (Å²) in [6.07, 6.45) is 5.00. The van der Waals surface area contributed by atoms with Crippen LogP contribution in [0.3, 0.4) is 0 Å². The summed E-state index contributed by atoms with van der Waals surface area (Å²) in [5, 5.41) is 37.0. The molecule has 0 aromatic heterocycles. The number of phenols is 1. The molecule has 0 bridgehead atoms. The molecular weight excluding hydrogens is 969 g/mol. The Morgan fingerprint density at radius 3 is 1.59 bits per heavy atom. The molecule has 2 aliphatic rings. The molecule has 17 N–H and O–H groups in total. The third kappa shape index (κ3) is 21.4. The Hall–Kier alpha value is -7.38. The number of aliphatic hydroxyl groups excluding tert-OH is 1. The number of fused-ring (bicyclic) bond motifs is 1. The summed E-state index contributed by atoms with van der Waals surface area (Å²) >= 11 is 0. The van der Waals surface area contributed by atoms with Crippen LogP contribution < -0.4 is 60.2 Å². The normalized spacial score (nSPS) is 24.1. The van der Waals surface area contributed by atoms with E-state index < -0.39 is 164 Å². The zero-order valence-electron chi connectivity index (χ0n) is 41.8. The summed E-state index contributed by atoms with van der Waals surface area (Å²) in [4.78, 5) is 162. The lowest BCUT2D eigenvalue weighted by atomic mass is 10.0. The standard InChI is InChI=1S/C48H74N12O14/c1-2-3-4-5-6-7-8-9-10-12-28-22-41(67)54-32(23-38(50)64)44(70)56-31(21-27-14-16-29(62)17-15-27)43(69)57-33(24-39(51)65)45(71)55-30(18-19-37(49)63)42(68)59-35(26-61)46(72)58-34(25-40(52)66)48(74)60-20-11-13-36(60)47(73)53-28/h14-17,28,30-36,61-62H,2-13,18-26H2,1H3,(H2,49,63)(H2,50,64)(H2,51,65)(H2,52,66)(H,53,73)(H,54,67)(H,55,71)(H,56,70)(H,57,69)(H,58,72)(H,59,68)/t28-,30+,31-,32+,33+,34+,35+,36+/m1/s1. The van der Waals surface area contributed by atoms with E-state index >= 15 is 0 Å². The van der Waals surface area contributed by atoms with Gasteiger partial charge in [-0.25, -0.2) is 0 Å². The van der Waals surface area contributed by atoms with Gasteiger partial charge < -0.3 is 75.3 Å². The maximum Gasteiger partial charge on any atom is 0.246 e. The van der Waals surface area contributed by atoms with Crippen LogP contribution in [-0.2, 0) is 64.0 Å². The number of carbonyl (C=O) groups excluding carboxylic acids is 12. The highest BCUT2D eigenvalue weighted by Gasteiger charge is 2.40. The van der Waals surface area contributed by atoms with E-state index in [-0.39, 0.29) is 31.6 Å². The molecule has 410 valence electrons. The lowest BCUT2D eigenvalue weighted by molar-refractivity contribution is -0.143. The minimum absolute atomic E-state index is 0.0153. The number of nitrogens with zero attached hydrogens (tertiary/aromatic N) is 1. The van der Waals surface area contributed by atoms with Gasteiger partial charge in [0.05, 0.1) is 25.9 Å². The minimum Gasteiger partial charge on any atom is -0.508 e. The van der Waals surface area contributed by atoms with Crippen LogP contribution in [0.1, 0.15) is 128 Å². The van der Waals surface area contributed by atoms with Crippen LogP contribution in [0.15, 0.2) is 24.3 Å². The zero-order valence-corrected chi connectivity index (χ0v) is 41.8. The molecule has 26 heteroatoms. The highest BCUT2D eigenvalue weighted by atomic mass is 16.3. The molecule has 74 heavy (non-hydrogen) atoms. The van der Waals surface area contributed by atoms with Crippen molar-refractivity contribution in [3.63, 3.8) is 0 Å². The second kappa shape index (κ2) is 31.3. The van der Waals surface area contributed by atoms with Crippen LogP contribution in [0.25, 0.3) is 0 Å². The van der Waals surface area contributed by atoms with E-state index in [1.54, 1.807) is 0 Å². The fourth-order valence-electron chi connectivity index (χ4n) is 8.61. The molecule has 1 aromatic rings. The van der Waals surface area contributed by atoms with Gasteiger partial charge in [-0.2, -0.15) is 0 Å². The van der Waals surface area contributed by atoms with Gasteiger partial charge in [-0.3, -0.25) is 57.5 Å². The van der Waals surface area contributed by atoms with Crippen molar-refractivity contribution in [3.8, 4) is 5.75 Å². The second-order valence-corrected chi connectivity index (χ2v) is 18.7. The van der Waals surface area contributed by atoms with Crippen LogP contribution in [0.2, 0.25) is 0 Å². The molecule has 3 rings (SSSR count). The van der Waals surface area contributed by atoms with E-state index in [9.17, 15) is 67.7 Å². The van der Waals surface area contributed by atoms with E-state index in [1.807, 2.05) is 0 Å². The first-order chi connectivity index (χ1) is 35.1. The van der Waals surface area contributed by atoms with Gasteiger partial charge in [0.15, 0.2) is 0 Å². The molecule has 0 unspecified atom stereocenters. The number of hydrogen-bond acceptors (Lipinski definition) is 14. The van der Waals surface area contributed by atoms with Gasteiger partial charge in [0, 0.05) is 31.8 Å². The molecular formula is C48H74N12O14. The minimum atomic E-state index is -1.90. The van der Waals surface area contributed by atoms with Crippen molar-refractivity contribution in [1.82, 2.24) is 42.1 Å². The van der Waals surface area contributed by atoms with Gasteiger partial charge in [-0.1, -0.05) is 76.8 Å². The Balaban J connectivity index is 2.13. The number of amides is 12. The number of phenolic OH excluding ortho intramolecular Hbond substituents is 1. The number of aliphatic hydroxyl groups is 1. The van der Waals surface area contributed by atoms with Crippen molar-refractivity contribution in [1.29, 1.82) is 0 Å². The number of benzene rings is 1. The lowest BCUT2D eigenvalue weighted by Gasteiger charge is -2.30. The molecule has 12 amide bonds. The molecule has 2 aliphatic heterocycles. The van der Waals surface area contributed by atoms with E-state index in [0.717, 1.165) is 56.3 Å². The number of nitrogens with two attached hydrogens (primary N) is 4. The molecule has 0 radical (unpaired) electrons. The van der Waals surface area contributed by atoms with Crippen LogP contribution in [0.5, 0.6) is 5.75 Å². The molecule has 2 fully saturated rings. The summed E-state index contributed by atoms with van der Waals surface area (Å²) in [5.74, 6) is -12.7. The Labute approximate surface area is 428 Å². The number of hydrogen-bond donors (Lipinski definition) is 13. The maximum absolute atomic E-state index is 14.2. The molecule has 2 saturated heterocycles. The average molecular weight is 1040 g/mol. The maximum atomic E-state index is 14.2.